The van der Waals surface area contributed by atoms with Crippen LogP contribution in [0, 0.1) is 0 Å². The number of nitrogens with zero attached hydrogens (tertiary/aromatic N) is 2. The molecular weight excluding hydrogens is 280 g/mol. The summed E-state index contributed by atoms with van der Waals surface area (Å²) in [5.74, 6) is 0. The molecule has 0 aliphatic carbocycles. The molecule has 0 saturated carbocycles. The van der Waals surface area contributed by atoms with Crippen LogP contribution in [-0.4, -0.2) is 4.98 Å². The Labute approximate surface area is 141 Å². The molecule has 2 rings (SSSR count). The molecular formula is C21H31N2+. The van der Waals surface area contributed by atoms with Crippen LogP contribution in [0.1, 0.15) is 63.0 Å². The van der Waals surface area contributed by atoms with Crippen molar-refractivity contribution in [1.82, 2.24) is 4.98 Å². The molecule has 23 heavy (non-hydrogen) atoms. The largest absolute Gasteiger partial charge is 0.265 e. The van der Waals surface area contributed by atoms with Crippen molar-refractivity contribution in [2.24, 2.45) is 0 Å². The van der Waals surface area contributed by atoms with Crippen molar-refractivity contribution in [3.8, 4) is 0 Å². The van der Waals surface area contributed by atoms with Crippen molar-refractivity contribution in [3.05, 3.63) is 60.2 Å². The Morgan fingerprint density at radius 2 is 1.35 bits per heavy atom. The Morgan fingerprint density at radius 1 is 0.739 bits per heavy atom. The fraction of sp³-hybridized carbons (Fsp3) is 0.524. The van der Waals surface area contributed by atoms with E-state index >= 15 is 0 Å². The molecule has 0 fully saturated rings. The summed E-state index contributed by atoms with van der Waals surface area (Å²) >= 11 is 0. The zero-order chi connectivity index (χ0) is 16.2. The first-order valence-electron chi connectivity index (χ1n) is 9.25. The monoisotopic (exact) mass is 311 g/mol. The molecule has 0 bridgehead atoms. The SMILES string of the molecule is CCCCCCCC[n+]1ccc(CCCc2ccncc2)cc1. The Hall–Kier alpha value is -1.70. The van der Waals surface area contributed by atoms with Crippen LogP contribution < -0.4 is 4.57 Å². The van der Waals surface area contributed by atoms with Crippen LogP contribution in [0.3, 0.4) is 0 Å². The number of unbranched alkanes of at least 4 members (excludes halogenated alkanes) is 5. The average Bonchev–Trinajstić information content (AvgIpc) is 2.60. The number of pyridine rings is 2. The smallest absolute Gasteiger partial charge is 0.169 e. The van der Waals surface area contributed by atoms with Gasteiger partial charge in [-0.3, -0.25) is 4.98 Å². The number of rotatable bonds is 11. The fourth-order valence-electron chi connectivity index (χ4n) is 2.92. The lowest BCUT2D eigenvalue weighted by atomic mass is 10.1. The third-order valence-corrected chi connectivity index (χ3v) is 4.41. The third kappa shape index (κ3) is 7.40. The highest BCUT2D eigenvalue weighted by Crippen LogP contribution is 2.07. The van der Waals surface area contributed by atoms with Crippen LogP contribution in [0.2, 0.25) is 0 Å². The van der Waals surface area contributed by atoms with Gasteiger partial charge in [0.25, 0.3) is 0 Å². The lowest BCUT2D eigenvalue weighted by molar-refractivity contribution is -0.697. The molecule has 2 heterocycles. The van der Waals surface area contributed by atoms with Crippen LogP contribution in [0.5, 0.6) is 0 Å². The second-order valence-corrected chi connectivity index (χ2v) is 6.42. The first-order chi connectivity index (χ1) is 11.4. The van der Waals surface area contributed by atoms with Crippen molar-refractivity contribution in [1.29, 1.82) is 0 Å². The fourth-order valence-corrected chi connectivity index (χ4v) is 2.92. The van der Waals surface area contributed by atoms with E-state index in [0.717, 1.165) is 19.4 Å². The maximum Gasteiger partial charge on any atom is 0.169 e. The highest BCUT2D eigenvalue weighted by Gasteiger charge is 2.02. The second-order valence-electron chi connectivity index (χ2n) is 6.42. The number of hydrogen-bond acceptors (Lipinski definition) is 1. The zero-order valence-corrected chi connectivity index (χ0v) is 14.6. The van der Waals surface area contributed by atoms with E-state index in [4.69, 9.17) is 0 Å². The molecule has 0 N–H and O–H groups in total. The summed E-state index contributed by atoms with van der Waals surface area (Å²) in [6, 6.07) is 8.78. The van der Waals surface area contributed by atoms with Gasteiger partial charge in [-0.1, -0.05) is 32.6 Å². The Kier molecular flexibility index (Phi) is 8.39. The summed E-state index contributed by atoms with van der Waals surface area (Å²) in [4.78, 5) is 4.06. The summed E-state index contributed by atoms with van der Waals surface area (Å²) in [7, 11) is 0. The minimum Gasteiger partial charge on any atom is -0.265 e. The van der Waals surface area contributed by atoms with E-state index in [1.165, 1.54) is 56.1 Å². The minimum atomic E-state index is 1.13. The number of aromatic nitrogens is 2. The standard InChI is InChI=1S/C21H31N2/c1-2-3-4-5-6-7-17-23-18-13-21(14-19-23)10-8-9-20-11-15-22-16-12-20/h11-16,18-19H,2-10,17H2,1H3/q+1. The van der Waals surface area contributed by atoms with Gasteiger partial charge >= 0.3 is 0 Å². The molecule has 0 radical (unpaired) electrons. The van der Waals surface area contributed by atoms with Crippen molar-refractivity contribution >= 4 is 0 Å². The normalized spacial score (nSPS) is 10.8. The zero-order valence-electron chi connectivity index (χ0n) is 14.6. The van der Waals surface area contributed by atoms with E-state index in [2.05, 4.69) is 53.1 Å². The molecule has 2 nitrogen and oxygen atoms in total. The first-order valence-corrected chi connectivity index (χ1v) is 9.25. The number of hydrogen-bond donors (Lipinski definition) is 0. The quantitative estimate of drug-likeness (QED) is 0.426. The van der Waals surface area contributed by atoms with Gasteiger partial charge in [0.1, 0.15) is 6.54 Å². The lowest BCUT2D eigenvalue weighted by Crippen LogP contribution is -2.32. The maximum atomic E-state index is 4.06. The molecule has 0 aliphatic rings. The van der Waals surface area contributed by atoms with E-state index in [1.807, 2.05) is 12.4 Å². The maximum absolute atomic E-state index is 4.06. The van der Waals surface area contributed by atoms with Crippen molar-refractivity contribution in [2.45, 2.75) is 71.3 Å². The molecule has 0 unspecified atom stereocenters. The van der Waals surface area contributed by atoms with Crippen molar-refractivity contribution in [2.75, 3.05) is 0 Å². The molecule has 0 spiro atoms. The Morgan fingerprint density at radius 3 is 2.04 bits per heavy atom. The average molecular weight is 311 g/mol. The predicted octanol–water partition coefficient (Wildman–Crippen LogP) is 4.90. The van der Waals surface area contributed by atoms with E-state index in [-0.39, 0.29) is 0 Å². The van der Waals surface area contributed by atoms with Crippen molar-refractivity contribution in [3.63, 3.8) is 0 Å². The van der Waals surface area contributed by atoms with Crippen LogP contribution in [-0.2, 0) is 19.4 Å². The van der Waals surface area contributed by atoms with Gasteiger partial charge in [0.15, 0.2) is 12.4 Å². The van der Waals surface area contributed by atoms with Gasteiger partial charge in [0.2, 0.25) is 0 Å². The van der Waals surface area contributed by atoms with Crippen LogP contribution >= 0.6 is 0 Å². The van der Waals surface area contributed by atoms with E-state index in [0.29, 0.717) is 0 Å². The minimum absolute atomic E-state index is 1.13. The summed E-state index contributed by atoms with van der Waals surface area (Å²) in [6.45, 7) is 3.43. The second kappa shape index (κ2) is 10.9. The Balaban J connectivity index is 1.62. The summed E-state index contributed by atoms with van der Waals surface area (Å²) in [6.07, 6.45) is 19.9. The topological polar surface area (TPSA) is 16.8 Å². The molecule has 0 aliphatic heterocycles. The van der Waals surface area contributed by atoms with E-state index < -0.39 is 0 Å². The van der Waals surface area contributed by atoms with Gasteiger partial charge in [0.05, 0.1) is 0 Å². The highest BCUT2D eigenvalue weighted by molar-refractivity contribution is 5.11. The third-order valence-electron chi connectivity index (χ3n) is 4.41. The first kappa shape index (κ1) is 17.7. The molecule has 124 valence electrons. The van der Waals surface area contributed by atoms with Gasteiger partial charge in [0, 0.05) is 30.9 Å². The predicted molar refractivity (Wildman–Crippen MR) is 96.3 cm³/mol. The van der Waals surface area contributed by atoms with Gasteiger partial charge in [-0.25, -0.2) is 4.57 Å². The molecule has 2 aromatic rings. The van der Waals surface area contributed by atoms with E-state index in [9.17, 15) is 0 Å². The molecule has 0 atom stereocenters. The van der Waals surface area contributed by atoms with Gasteiger partial charge in [-0.05, 0) is 48.9 Å². The van der Waals surface area contributed by atoms with Crippen LogP contribution in [0.4, 0.5) is 0 Å². The highest BCUT2D eigenvalue weighted by atomic mass is 14.9. The lowest BCUT2D eigenvalue weighted by Gasteiger charge is -2.02. The van der Waals surface area contributed by atoms with Gasteiger partial charge < -0.3 is 0 Å². The van der Waals surface area contributed by atoms with Gasteiger partial charge in [-0.2, -0.15) is 0 Å². The Bertz CT molecular complexity index is 519. The van der Waals surface area contributed by atoms with Crippen molar-refractivity contribution < 1.29 is 4.57 Å². The molecule has 0 saturated heterocycles. The van der Waals surface area contributed by atoms with Gasteiger partial charge in [-0.15, -0.1) is 0 Å². The molecule has 2 aromatic heterocycles. The summed E-state index contributed by atoms with van der Waals surface area (Å²) in [5.41, 5.74) is 2.83. The van der Waals surface area contributed by atoms with E-state index in [1.54, 1.807) is 0 Å². The number of aryl methyl sites for hydroxylation is 3. The molecule has 0 aromatic carbocycles. The summed E-state index contributed by atoms with van der Waals surface area (Å²) in [5, 5.41) is 0. The van der Waals surface area contributed by atoms with Crippen LogP contribution in [0.25, 0.3) is 0 Å². The van der Waals surface area contributed by atoms with Crippen LogP contribution in [0.15, 0.2) is 49.1 Å². The summed E-state index contributed by atoms with van der Waals surface area (Å²) < 4.78 is 2.33. The molecule has 2 heteroatoms. The molecule has 0 amide bonds.